The first-order chi connectivity index (χ1) is 13.6. The van der Waals surface area contributed by atoms with Crippen molar-refractivity contribution in [3.05, 3.63) is 52.2 Å². The lowest BCUT2D eigenvalue weighted by molar-refractivity contribution is -0.122. The predicted octanol–water partition coefficient (Wildman–Crippen LogP) is 4.95. The van der Waals surface area contributed by atoms with Crippen LogP contribution in [-0.2, 0) is 16.0 Å². The minimum atomic E-state index is -2.74. The summed E-state index contributed by atoms with van der Waals surface area (Å²) in [7, 11) is 0. The lowest BCUT2D eigenvalue weighted by Gasteiger charge is -2.22. The van der Waals surface area contributed by atoms with Gasteiger partial charge in [-0.05, 0) is 37.5 Å². The van der Waals surface area contributed by atoms with Crippen LogP contribution in [0.2, 0.25) is 0 Å². The normalized spacial score (nSPS) is 19.3. The number of hydrogen-bond acceptors (Lipinski definition) is 3. The van der Waals surface area contributed by atoms with Crippen LogP contribution in [0.4, 0.5) is 17.6 Å². The van der Waals surface area contributed by atoms with E-state index in [1.807, 2.05) is 6.92 Å². The average Bonchev–Trinajstić information content (AvgIpc) is 3.25. The highest BCUT2D eigenvalue weighted by Gasteiger charge is 2.57. The number of carbonyl (C=O) groups is 1. The second kappa shape index (κ2) is 10.1. The SMILES string of the molecule is CC[N-]CN/C(C)=C(\OCC1CC1(F)F)C(=O)[C@@H](C)CCc1cc(F)cc(F)c1. The zero-order chi connectivity index (χ0) is 21.6. The Morgan fingerprint density at radius 2 is 1.93 bits per heavy atom. The summed E-state index contributed by atoms with van der Waals surface area (Å²) in [5.74, 6) is -5.81. The first-order valence-electron chi connectivity index (χ1n) is 9.71. The van der Waals surface area contributed by atoms with Gasteiger partial charge < -0.3 is 15.4 Å². The molecule has 2 atom stereocenters. The first-order valence-corrected chi connectivity index (χ1v) is 9.71. The summed E-state index contributed by atoms with van der Waals surface area (Å²) < 4.78 is 58.5. The number of benzene rings is 1. The zero-order valence-corrected chi connectivity index (χ0v) is 16.9. The van der Waals surface area contributed by atoms with Gasteiger partial charge in [0.25, 0.3) is 5.92 Å². The Bertz CT molecular complexity index is 732. The minimum Gasteiger partial charge on any atom is -0.646 e. The van der Waals surface area contributed by atoms with Crippen LogP contribution in [0.5, 0.6) is 0 Å². The molecule has 1 aromatic carbocycles. The number of Topliss-reactive ketones (excluding diaryl/α,β-unsaturated/α-hetero) is 1. The molecule has 29 heavy (non-hydrogen) atoms. The smallest absolute Gasteiger partial charge is 0.255 e. The Labute approximate surface area is 168 Å². The molecule has 0 amide bonds. The summed E-state index contributed by atoms with van der Waals surface area (Å²) in [5.41, 5.74) is 0.877. The summed E-state index contributed by atoms with van der Waals surface area (Å²) >= 11 is 0. The molecule has 8 heteroatoms. The molecule has 0 radical (unpaired) electrons. The average molecular weight is 415 g/mol. The number of ether oxygens (including phenoxy) is 1. The fourth-order valence-corrected chi connectivity index (χ4v) is 2.86. The monoisotopic (exact) mass is 415 g/mol. The molecule has 1 fully saturated rings. The van der Waals surface area contributed by atoms with Gasteiger partial charge in [-0.25, -0.2) is 17.6 Å². The van der Waals surface area contributed by atoms with E-state index in [0.717, 1.165) is 6.07 Å². The molecule has 162 valence electrons. The van der Waals surface area contributed by atoms with Crippen LogP contribution >= 0.6 is 0 Å². The van der Waals surface area contributed by atoms with E-state index >= 15 is 0 Å². The van der Waals surface area contributed by atoms with Crippen LogP contribution in [-0.4, -0.2) is 31.5 Å². The van der Waals surface area contributed by atoms with E-state index < -0.39 is 29.4 Å². The van der Waals surface area contributed by atoms with Gasteiger partial charge in [0, 0.05) is 18.4 Å². The highest BCUT2D eigenvalue weighted by molar-refractivity contribution is 5.95. The van der Waals surface area contributed by atoms with Gasteiger partial charge in [-0.1, -0.05) is 20.5 Å². The van der Waals surface area contributed by atoms with Crippen LogP contribution < -0.4 is 5.32 Å². The quantitative estimate of drug-likeness (QED) is 0.228. The van der Waals surface area contributed by atoms with E-state index in [4.69, 9.17) is 4.74 Å². The molecular formula is C21H27F4N2O2-. The number of carbonyl (C=O) groups excluding carboxylic acids is 1. The van der Waals surface area contributed by atoms with Crippen LogP contribution in [0.25, 0.3) is 5.32 Å². The molecule has 1 aromatic rings. The molecule has 1 saturated carbocycles. The molecule has 1 aliphatic carbocycles. The van der Waals surface area contributed by atoms with Gasteiger partial charge >= 0.3 is 0 Å². The third-order valence-corrected chi connectivity index (χ3v) is 4.86. The Morgan fingerprint density at radius 3 is 2.48 bits per heavy atom. The molecule has 1 unspecified atom stereocenters. The number of halogens is 4. The second-order valence-corrected chi connectivity index (χ2v) is 7.38. The third-order valence-electron chi connectivity index (χ3n) is 4.86. The summed E-state index contributed by atoms with van der Waals surface area (Å²) in [4.78, 5) is 12.9. The van der Waals surface area contributed by atoms with Crippen molar-refractivity contribution in [3.8, 4) is 0 Å². The molecule has 0 heterocycles. The van der Waals surface area contributed by atoms with Crippen molar-refractivity contribution in [2.75, 3.05) is 19.8 Å². The maximum atomic E-state index is 13.3. The van der Waals surface area contributed by atoms with Crippen molar-refractivity contribution in [1.29, 1.82) is 0 Å². The van der Waals surface area contributed by atoms with Gasteiger partial charge in [-0.15, -0.1) is 0 Å². The topological polar surface area (TPSA) is 52.4 Å². The number of alkyl halides is 2. The van der Waals surface area contributed by atoms with Gasteiger partial charge in [0.2, 0.25) is 5.78 Å². The summed E-state index contributed by atoms with van der Waals surface area (Å²) in [6.45, 7) is 5.82. The highest BCUT2D eigenvalue weighted by atomic mass is 19.3. The molecule has 1 aliphatic rings. The first kappa shape index (κ1) is 23.2. The standard InChI is InChI=1S/C21H27F4N2O2/c1-4-26-12-27-14(3)20(29-11-16-10-21(16,24)25)19(28)13(2)5-6-15-7-17(22)9-18(23)8-15/h7-9,13,16,27H,4-6,10-12H2,1-3H3/q-1/b20-14-/t13-,16?/m0/s1. The number of nitrogens with one attached hydrogen (secondary N) is 1. The van der Waals surface area contributed by atoms with E-state index in [0.29, 0.717) is 30.6 Å². The molecule has 0 bridgehead atoms. The number of allylic oxidation sites excluding steroid dienone is 2. The van der Waals surface area contributed by atoms with E-state index in [-0.39, 0.29) is 31.2 Å². The summed E-state index contributed by atoms with van der Waals surface area (Å²) in [6.07, 6.45) is 0.390. The van der Waals surface area contributed by atoms with E-state index in [9.17, 15) is 22.4 Å². The highest BCUT2D eigenvalue weighted by Crippen LogP contribution is 2.48. The van der Waals surface area contributed by atoms with Crippen molar-refractivity contribution in [2.24, 2.45) is 11.8 Å². The van der Waals surface area contributed by atoms with Gasteiger partial charge in [0.05, 0.1) is 18.2 Å². The van der Waals surface area contributed by atoms with Crippen LogP contribution in [0.3, 0.4) is 0 Å². The Balaban J connectivity index is 2.02. The van der Waals surface area contributed by atoms with Gasteiger partial charge in [-0.2, -0.15) is 6.54 Å². The number of rotatable bonds is 12. The number of ketones is 1. The van der Waals surface area contributed by atoms with Crippen molar-refractivity contribution < 1.29 is 27.1 Å². The van der Waals surface area contributed by atoms with E-state index in [1.165, 1.54) is 12.1 Å². The molecule has 0 spiro atoms. The molecule has 0 aliphatic heterocycles. The third kappa shape index (κ3) is 7.03. The maximum absolute atomic E-state index is 13.3. The minimum absolute atomic E-state index is 0.0110. The fourth-order valence-electron chi connectivity index (χ4n) is 2.86. The van der Waals surface area contributed by atoms with Crippen molar-refractivity contribution in [3.63, 3.8) is 0 Å². The Hall–Kier alpha value is -2.09. The van der Waals surface area contributed by atoms with Gasteiger partial charge in [0.1, 0.15) is 11.6 Å². The van der Waals surface area contributed by atoms with E-state index in [2.05, 4.69) is 10.6 Å². The molecule has 0 saturated heterocycles. The fraction of sp³-hybridized carbons (Fsp3) is 0.571. The van der Waals surface area contributed by atoms with Crippen LogP contribution in [0.15, 0.2) is 29.7 Å². The molecule has 1 N–H and O–H groups in total. The molecule has 0 aromatic heterocycles. The number of nitrogens with zero attached hydrogens (tertiary/aromatic N) is 1. The van der Waals surface area contributed by atoms with Gasteiger partial charge in [0.15, 0.2) is 5.76 Å². The number of aryl methyl sites for hydroxylation is 1. The predicted molar refractivity (Wildman–Crippen MR) is 102 cm³/mol. The van der Waals surface area contributed by atoms with Crippen molar-refractivity contribution in [2.45, 2.75) is 46.0 Å². The maximum Gasteiger partial charge on any atom is 0.255 e. The Kier molecular flexibility index (Phi) is 8.07. The summed E-state index contributed by atoms with van der Waals surface area (Å²) in [6, 6.07) is 3.24. The second-order valence-electron chi connectivity index (χ2n) is 7.38. The Morgan fingerprint density at radius 1 is 1.31 bits per heavy atom. The largest absolute Gasteiger partial charge is 0.646 e. The van der Waals surface area contributed by atoms with Crippen LogP contribution in [0, 0.1) is 23.5 Å². The lowest BCUT2D eigenvalue weighted by Crippen LogP contribution is -2.24. The molecule has 4 nitrogen and oxygen atoms in total. The molecular weight excluding hydrogens is 388 g/mol. The number of hydrogen-bond donors (Lipinski definition) is 1. The lowest BCUT2D eigenvalue weighted by atomic mass is 9.95. The zero-order valence-electron chi connectivity index (χ0n) is 16.9. The van der Waals surface area contributed by atoms with Crippen molar-refractivity contribution in [1.82, 2.24) is 5.32 Å². The van der Waals surface area contributed by atoms with E-state index in [1.54, 1.807) is 13.8 Å². The van der Waals surface area contributed by atoms with Gasteiger partial charge in [-0.3, -0.25) is 4.79 Å². The summed E-state index contributed by atoms with van der Waals surface area (Å²) in [5, 5.41) is 7.07. The van der Waals surface area contributed by atoms with Crippen LogP contribution in [0.1, 0.15) is 39.2 Å². The van der Waals surface area contributed by atoms with Crippen molar-refractivity contribution >= 4 is 5.78 Å². The molecule has 2 rings (SSSR count).